The number of ether oxygens (including phenoxy) is 3. The first-order chi connectivity index (χ1) is 10.8. The second kappa shape index (κ2) is 10.3. The zero-order valence-electron chi connectivity index (χ0n) is 13.9. The number of hydrogen-bond donors (Lipinski definition) is 1. The molecule has 0 saturated carbocycles. The second-order valence-corrected chi connectivity index (χ2v) is 5.47. The maximum absolute atomic E-state index is 12.3. The Balaban J connectivity index is 0.00000264. The molecule has 1 aromatic carbocycles. The van der Waals surface area contributed by atoms with E-state index in [9.17, 15) is 4.79 Å². The van der Waals surface area contributed by atoms with E-state index in [2.05, 4.69) is 0 Å². The van der Waals surface area contributed by atoms with Crippen molar-refractivity contribution in [2.45, 2.75) is 26.2 Å². The number of likely N-dealkylation sites (tertiary alicyclic amines) is 1. The highest BCUT2D eigenvalue weighted by Crippen LogP contribution is 2.31. The number of hydrogen-bond acceptors (Lipinski definition) is 4. The average molecular weight is 344 g/mol. The third-order valence-electron chi connectivity index (χ3n) is 3.96. The van der Waals surface area contributed by atoms with Gasteiger partial charge in [-0.05, 0) is 38.3 Å². The summed E-state index contributed by atoms with van der Waals surface area (Å²) in [6, 6.07) is 5.26. The van der Waals surface area contributed by atoms with Gasteiger partial charge in [-0.3, -0.25) is 0 Å². The zero-order valence-corrected chi connectivity index (χ0v) is 14.7. The average Bonchev–Trinajstić information content (AvgIpc) is 2.56. The topological polar surface area (TPSA) is 49.2 Å². The Morgan fingerprint density at radius 1 is 1.22 bits per heavy atom. The predicted octanol–water partition coefficient (Wildman–Crippen LogP) is -1.68. The van der Waals surface area contributed by atoms with Gasteiger partial charge in [-0.25, -0.2) is 4.79 Å². The molecule has 0 aromatic heterocycles. The highest BCUT2D eigenvalue weighted by Gasteiger charge is 2.19. The van der Waals surface area contributed by atoms with Crippen LogP contribution in [0.25, 0.3) is 0 Å². The first kappa shape index (κ1) is 19.6. The van der Waals surface area contributed by atoms with Crippen LogP contribution in [-0.2, 0) is 4.74 Å². The van der Waals surface area contributed by atoms with Crippen LogP contribution in [0.2, 0.25) is 0 Å². The van der Waals surface area contributed by atoms with Gasteiger partial charge >= 0.3 is 5.97 Å². The van der Waals surface area contributed by atoms with Crippen molar-refractivity contribution in [2.24, 2.45) is 0 Å². The number of piperidine rings is 1. The molecule has 5 nitrogen and oxygen atoms in total. The summed E-state index contributed by atoms with van der Waals surface area (Å²) in [4.78, 5) is 13.8. The molecule has 1 heterocycles. The van der Waals surface area contributed by atoms with Gasteiger partial charge in [-0.2, -0.15) is 0 Å². The second-order valence-electron chi connectivity index (χ2n) is 5.47. The summed E-state index contributed by atoms with van der Waals surface area (Å²) in [7, 11) is 1.56. The number of methoxy groups -OCH3 is 1. The number of carbonyl (C=O) groups excluding carboxylic acids is 1. The summed E-state index contributed by atoms with van der Waals surface area (Å²) < 4.78 is 16.2. The Kier molecular flexibility index (Phi) is 8.81. The van der Waals surface area contributed by atoms with E-state index in [-0.39, 0.29) is 18.4 Å². The van der Waals surface area contributed by atoms with Crippen LogP contribution in [0.5, 0.6) is 11.5 Å². The standard InChI is InChI=1S/C17H25NO4.ClH/c1-3-21-16-14(8-7-9-15(16)20-2)17(19)22-13-12-18-10-5-4-6-11-18;/h7-9H,3-6,10-13H2,1-2H3;1H. The summed E-state index contributed by atoms with van der Waals surface area (Å²) in [5, 5.41) is 0. The van der Waals surface area contributed by atoms with Gasteiger partial charge in [0.2, 0.25) is 0 Å². The first-order valence-corrected chi connectivity index (χ1v) is 8.06. The van der Waals surface area contributed by atoms with Gasteiger partial charge in [0.15, 0.2) is 11.5 Å². The molecule has 130 valence electrons. The minimum absolute atomic E-state index is 0. The molecule has 1 saturated heterocycles. The Morgan fingerprint density at radius 2 is 1.96 bits per heavy atom. The minimum Gasteiger partial charge on any atom is -1.00 e. The smallest absolute Gasteiger partial charge is 0.342 e. The third kappa shape index (κ3) is 5.59. The Morgan fingerprint density at radius 3 is 2.61 bits per heavy atom. The molecule has 1 N–H and O–H groups in total. The molecule has 1 aliphatic rings. The molecule has 1 fully saturated rings. The molecule has 0 aliphatic carbocycles. The van der Waals surface area contributed by atoms with Crippen molar-refractivity contribution in [1.29, 1.82) is 0 Å². The Labute approximate surface area is 144 Å². The van der Waals surface area contributed by atoms with E-state index in [4.69, 9.17) is 14.2 Å². The SMILES string of the molecule is CCOc1c(OC)cccc1C(=O)OCC[NH+]1CCCCC1.[Cl-]. The molecule has 1 aromatic rings. The summed E-state index contributed by atoms with van der Waals surface area (Å²) in [5.74, 6) is 0.666. The van der Waals surface area contributed by atoms with Crippen LogP contribution in [0.3, 0.4) is 0 Å². The highest BCUT2D eigenvalue weighted by molar-refractivity contribution is 5.93. The fourth-order valence-electron chi connectivity index (χ4n) is 2.80. The van der Waals surface area contributed by atoms with E-state index >= 15 is 0 Å². The lowest BCUT2D eigenvalue weighted by molar-refractivity contribution is -0.905. The summed E-state index contributed by atoms with van der Waals surface area (Å²) in [6.07, 6.45) is 3.87. The molecule has 2 rings (SSSR count). The van der Waals surface area contributed by atoms with Crippen molar-refractivity contribution in [3.63, 3.8) is 0 Å². The molecule has 0 radical (unpaired) electrons. The number of carbonyl (C=O) groups is 1. The first-order valence-electron chi connectivity index (χ1n) is 8.06. The van der Waals surface area contributed by atoms with Crippen LogP contribution >= 0.6 is 0 Å². The third-order valence-corrected chi connectivity index (χ3v) is 3.96. The van der Waals surface area contributed by atoms with Crippen molar-refractivity contribution >= 4 is 5.97 Å². The fraction of sp³-hybridized carbons (Fsp3) is 0.588. The number of nitrogens with one attached hydrogen (secondary N) is 1. The molecule has 0 spiro atoms. The van der Waals surface area contributed by atoms with E-state index in [0.717, 1.165) is 6.54 Å². The maximum Gasteiger partial charge on any atom is 0.342 e. The quantitative estimate of drug-likeness (QED) is 0.601. The number of esters is 1. The van der Waals surface area contributed by atoms with E-state index in [1.165, 1.54) is 37.3 Å². The van der Waals surface area contributed by atoms with E-state index < -0.39 is 0 Å². The summed E-state index contributed by atoms with van der Waals surface area (Å²) in [6.45, 7) is 6.03. The van der Waals surface area contributed by atoms with E-state index in [1.807, 2.05) is 6.92 Å². The Hall–Kier alpha value is -1.46. The van der Waals surface area contributed by atoms with Gasteiger partial charge in [0, 0.05) is 0 Å². The van der Waals surface area contributed by atoms with Crippen LogP contribution in [0, 0.1) is 0 Å². The number of benzene rings is 1. The zero-order chi connectivity index (χ0) is 15.8. The van der Waals surface area contributed by atoms with Gasteiger partial charge in [0.05, 0.1) is 26.8 Å². The number of rotatable bonds is 7. The normalized spacial score (nSPS) is 14.7. The van der Waals surface area contributed by atoms with Crippen LogP contribution in [0.4, 0.5) is 0 Å². The van der Waals surface area contributed by atoms with E-state index in [0.29, 0.717) is 30.3 Å². The molecule has 23 heavy (non-hydrogen) atoms. The molecule has 1 aliphatic heterocycles. The van der Waals surface area contributed by atoms with Crippen LogP contribution in [0.1, 0.15) is 36.5 Å². The van der Waals surface area contributed by atoms with Crippen molar-refractivity contribution in [1.82, 2.24) is 0 Å². The van der Waals surface area contributed by atoms with Crippen molar-refractivity contribution in [3.05, 3.63) is 23.8 Å². The van der Waals surface area contributed by atoms with Gasteiger partial charge in [-0.15, -0.1) is 0 Å². The monoisotopic (exact) mass is 343 g/mol. The molecule has 6 heteroatoms. The predicted molar refractivity (Wildman–Crippen MR) is 83.9 cm³/mol. The van der Waals surface area contributed by atoms with Crippen molar-refractivity contribution < 1.29 is 36.3 Å². The number of quaternary nitrogens is 1. The number of halogens is 1. The van der Waals surface area contributed by atoms with Crippen molar-refractivity contribution in [2.75, 3.05) is 40.0 Å². The molecule has 0 unspecified atom stereocenters. The van der Waals surface area contributed by atoms with E-state index in [1.54, 1.807) is 25.3 Å². The molecule has 0 amide bonds. The molecular formula is C17H26ClNO4. The lowest BCUT2D eigenvalue weighted by atomic mass is 10.1. The highest BCUT2D eigenvalue weighted by atomic mass is 35.5. The van der Waals surface area contributed by atoms with Crippen LogP contribution in [0.15, 0.2) is 18.2 Å². The molecular weight excluding hydrogens is 318 g/mol. The summed E-state index contributed by atoms with van der Waals surface area (Å²) in [5.41, 5.74) is 0.426. The van der Waals surface area contributed by atoms with Crippen LogP contribution in [-0.4, -0.2) is 45.9 Å². The maximum atomic E-state index is 12.3. The van der Waals surface area contributed by atoms with Crippen LogP contribution < -0.4 is 26.8 Å². The van der Waals surface area contributed by atoms with Gasteiger partial charge < -0.3 is 31.5 Å². The van der Waals surface area contributed by atoms with Gasteiger partial charge in [-0.1, -0.05) is 6.07 Å². The lowest BCUT2D eigenvalue weighted by Crippen LogP contribution is -3.13. The Bertz CT molecular complexity index is 489. The van der Waals surface area contributed by atoms with Gasteiger partial charge in [0.1, 0.15) is 18.7 Å². The van der Waals surface area contributed by atoms with Crippen molar-refractivity contribution in [3.8, 4) is 11.5 Å². The summed E-state index contributed by atoms with van der Waals surface area (Å²) >= 11 is 0. The molecule has 0 atom stereocenters. The molecule has 0 bridgehead atoms. The number of para-hydroxylation sites is 1. The fourth-order valence-corrected chi connectivity index (χ4v) is 2.80. The largest absolute Gasteiger partial charge is 1.00 e. The lowest BCUT2D eigenvalue weighted by Gasteiger charge is -2.23. The van der Waals surface area contributed by atoms with Gasteiger partial charge in [0.25, 0.3) is 0 Å². The minimum atomic E-state index is -0.348.